The highest BCUT2D eigenvalue weighted by Gasteiger charge is 2.12. The third kappa shape index (κ3) is 5.61. The second-order valence-electron chi connectivity index (χ2n) is 4.51. The van der Waals surface area contributed by atoms with Gasteiger partial charge in [-0.25, -0.2) is 0 Å². The minimum atomic E-state index is 0.290. The van der Waals surface area contributed by atoms with E-state index in [-0.39, 0.29) is 0 Å². The minimum absolute atomic E-state index is 0.290. The molecule has 0 fully saturated rings. The summed E-state index contributed by atoms with van der Waals surface area (Å²) in [4.78, 5) is 2.62. The van der Waals surface area contributed by atoms with Crippen LogP contribution in [-0.2, 0) is 0 Å². The molecule has 2 rings (SSSR count). The van der Waals surface area contributed by atoms with Gasteiger partial charge in [0.1, 0.15) is 0 Å². The fourth-order valence-electron chi connectivity index (χ4n) is 1.87. The van der Waals surface area contributed by atoms with E-state index >= 15 is 0 Å². The highest BCUT2D eigenvalue weighted by atomic mass is 32.2. The van der Waals surface area contributed by atoms with Crippen molar-refractivity contribution in [1.29, 1.82) is 0 Å². The van der Waals surface area contributed by atoms with Crippen LogP contribution in [0, 0.1) is 0 Å². The Morgan fingerprint density at radius 1 is 0.750 bits per heavy atom. The summed E-state index contributed by atoms with van der Waals surface area (Å²) in [5.74, 6) is 0. The fraction of sp³-hybridized carbons (Fsp3) is 0.294. The Morgan fingerprint density at radius 3 is 1.70 bits per heavy atom. The van der Waals surface area contributed by atoms with Crippen molar-refractivity contribution in [3.63, 3.8) is 0 Å². The maximum absolute atomic E-state index is 8.95. The highest BCUT2D eigenvalue weighted by Crippen LogP contribution is 2.38. The van der Waals surface area contributed by atoms with Crippen molar-refractivity contribution in [1.82, 2.24) is 0 Å². The lowest BCUT2D eigenvalue weighted by Crippen LogP contribution is -1.98. The number of aliphatic hydroxyl groups excluding tert-OH is 1. The van der Waals surface area contributed by atoms with Crippen molar-refractivity contribution in [2.75, 3.05) is 6.61 Å². The van der Waals surface area contributed by atoms with E-state index in [1.165, 1.54) is 9.79 Å². The summed E-state index contributed by atoms with van der Waals surface area (Å²) in [7, 11) is 0. The summed E-state index contributed by atoms with van der Waals surface area (Å²) in [6, 6.07) is 21.1. The third-order valence-electron chi connectivity index (χ3n) is 2.87. The van der Waals surface area contributed by atoms with E-state index in [1.54, 1.807) is 0 Å². The molecule has 1 nitrogen and oxygen atoms in total. The number of hydrogen-bond acceptors (Lipinski definition) is 3. The van der Waals surface area contributed by atoms with Crippen LogP contribution in [0.3, 0.4) is 0 Å². The Labute approximate surface area is 129 Å². The van der Waals surface area contributed by atoms with E-state index in [1.807, 2.05) is 23.5 Å². The van der Waals surface area contributed by atoms with E-state index < -0.39 is 0 Å². The second kappa shape index (κ2) is 9.11. The molecule has 0 aromatic heterocycles. The summed E-state index contributed by atoms with van der Waals surface area (Å²) >= 11 is 3.83. The number of thioether (sulfide) groups is 2. The van der Waals surface area contributed by atoms with Crippen LogP contribution in [-0.4, -0.2) is 16.3 Å². The van der Waals surface area contributed by atoms with E-state index in [2.05, 4.69) is 60.7 Å². The third-order valence-corrected chi connectivity index (χ3v) is 5.53. The van der Waals surface area contributed by atoms with Crippen LogP contribution in [0.1, 0.15) is 19.3 Å². The zero-order valence-electron chi connectivity index (χ0n) is 11.4. The minimum Gasteiger partial charge on any atom is -0.396 e. The van der Waals surface area contributed by atoms with Crippen LogP contribution in [0.2, 0.25) is 0 Å². The molecule has 2 aromatic rings. The first kappa shape index (κ1) is 15.5. The molecule has 0 aliphatic rings. The van der Waals surface area contributed by atoms with E-state index in [0.29, 0.717) is 11.2 Å². The molecule has 3 heteroatoms. The van der Waals surface area contributed by atoms with Gasteiger partial charge in [0, 0.05) is 16.4 Å². The van der Waals surface area contributed by atoms with Crippen molar-refractivity contribution in [3.05, 3.63) is 60.7 Å². The molecule has 20 heavy (non-hydrogen) atoms. The smallest absolute Gasteiger partial charge is 0.0596 e. The van der Waals surface area contributed by atoms with E-state index in [9.17, 15) is 0 Å². The number of hydrogen-bond donors (Lipinski definition) is 1. The molecule has 0 aliphatic heterocycles. The molecule has 0 bridgehead atoms. The van der Waals surface area contributed by atoms with Gasteiger partial charge in [-0.05, 0) is 43.5 Å². The highest BCUT2D eigenvalue weighted by molar-refractivity contribution is 8.17. The largest absolute Gasteiger partial charge is 0.396 e. The van der Waals surface area contributed by atoms with Gasteiger partial charge in [0.05, 0.1) is 4.58 Å². The van der Waals surface area contributed by atoms with Gasteiger partial charge in [0.2, 0.25) is 0 Å². The molecule has 106 valence electrons. The lowest BCUT2D eigenvalue weighted by atomic mass is 10.3. The lowest BCUT2D eigenvalue weighted by molar-refractivity contribution is 0.284. The molecule has 0 spiro atoms. The molecule has 0 saturated heterocycles. The average molecular weight is 304 g/mol. The predicted octanol–water partition coefficient (Wildman–Crippen LogP) is 5.06. The van der Waals surface area contributed by atoms with Crippen LogP contribution >= 0.6 is 23.5 Å². The zero-order valence-corrected chi connectivity index (χ0v) is 13.1. The first-order chi connectivity index (χ1) is 9.88. The maximum Gasteiger partial charge on any atom is 0.0596 e. The summed E-state index contributed by atoms with van der Waals surface area (Å²) in [5, 5.41) is 8.95. The Bertz CT molecular complexity index is 431. The molecule has 0 amide bonds. The Morgan fingerprint density at radius 2 is 1.25 bits per heavy atom. The quantitative estimate of drug-likeness (QED) is 0.418. The Hall–Kier alpha value is -0.900. The average Bonchev–Trinajstić information content (AvgIpc) is 2.49. The van der Waals surface area contributed by atoms with Crippen LogP contribution in [0.4, 0.5) is 0 Å². The molecule has 1 N–H and O–H groups in total. The molecule has 2 aromatic carbocycles. The van der Waals surface area contributed by atoms with Crippen LogP contribution in [0.25, 0.3) is 0 Å². The standard InChI is InChI=1S/C17H20OS2/c18-14-8-7-13-17(19-15-9-3-1-4-10-15)20-16-11-5-2-6-12-16/h1-6,9-12,17-18H,7-8,13-14H2. The van der Waals surface area contributed by atoms with Crippen molar-refractivity contribution in [3.8, 4) is 0 Å². The van der Waals surface area contributed by atoms with Gasteiger partial charge in [-0.2, -0.15) is 0 Å². The van der Waals surface area contributed by atoms with Crippen LogP contribution < -0.4 is 0 Å². The number of benzene rings is 2. The van der Waals surface area contributed by atoms with Gasteiger partial charge in [-0.3, -0.25) is 0 Å². The molecular formula is C17H20OS2. The van der Waals surface area contributed by atoms with Crippen molar-refractivity contribution < 1.29 is 5.11 Å². The monoisotopic (exact) mass is 304 g/mol. The molecule has 0 heterocycles. The summed E-state index contributed by atoms with van der Waals surface area (Å²) < 4.78 is 0.492. The predicted molar refractivity (Wildman–Crippen MR) is 89.3 cm³/mol. The molecular weight excluding hydrogens is 284 g/mol. The Balaban J connectivity index is 1.96. The summed E-state index contributed by atoms with van der Waals surface area (Å²) in [6.45, 7) is 0.290. The molecule has 0 radical (unpaired) electrons. The second-order valence-corrected chi connectivity index (χ2v) is 7.36. The zero-order chi connectivity index (χ0) is 14.0. The van der Waals surface area contributed by atoms with Crippen LogP contribution in [0.5, 0.6) is 0 Å². The van der Waals surface area contributed by atoms with E-state index in [4.69, 9.17) is 5.11 Å². The molecule has 0 aliphatic carbocycles. The topological polar surface area (TPSA) is 20.2 Å². The molecule has 0 saturated carbocycles. The molecule has 0 unspecified atom stereocenters. The van der Waals surface area contributed by atoms with Crippen LogP contribution in [0.15, 0.2) is 70.5 Å². The first-order valence-corrected chi connectivity index (χ1v) is 8.68. The van der Waals surface area contributed by atoms with Gasteiger partial charge < -0.3 is 5.11 Å². The van der Waals surface area contributed by atoms with E-state index in [0.717, 1.165) is 19.3 Å². The van der Waals surface area contributed by atoms with Crippen molar-refractivity contribution in [2.24, 2.45) is 0 Å². The number of rotatable bonds is 8. The number of aliphatic hydroxyl groups is 1. The summed E-state index contributed by atoms with van der Waals surface area (Å²) in [6.07, 6.45) is 3.07. The van der Waals surface area contributed by atoms with Gasteiger partial charge in [0.25, 0.3) is 0 Å². The van der Waals surface area contributed by atoms with Crippen molar-refractivity contribution >= 4 is 23.5 Å². The SMILES string of the molecule is OCCCCC(Sc1ccccc1)Sc1ccccc1. The molecule has 0 atom stereocenters. The maximum atomic E-state index is 8.95. The first-order valence-electron chi connectivity index (χ1n) is 6.93. The lowest BCUT2D eigenvalue weighted by Gasteiger charge is -2.16. The number of unbranched alkanes of at least 4 members (excludes halogenated alkanes) is 1. The van der Waals surface area contributed by atoms with Crippen molar-refractivity contribution in [2.45, 2.75) is 33.6 Å². The van der Waals surface area contributed by atoms with Gasteiger partial charge in [0.15, 0.2) is 0 Å². The normalized spacial score (nSPS) is 10.9. The summed E-state index contributed by atoms with van der Waals surface area (Å²) in [5.41, 5.74) is 0. The van der Waals surface area contributed by atoms with Gasteiger partial charge >= 0.3 is 0 Å². The van der Waals surface area contributed by atoms with Gasteiger partial charge in [-0.15, -0.1) is 23.5 Å². The fourth-order valence-corrected chi connectivity index (χ4v) is 4.53. The van der Waals surface area contributed by atoms with Gasteiger partial charge in [-0.1, -0.05) is 36.4 Å². The Kier molecular flexibility index (Phi) is 7.06.